The molecule has 94 valence electrons. The van der Waals surface area contributed by atoms with E-state index in [9.17, 15) is 4.79 Å². The minimum Gasteiger partial charge on any atom is -0.481 e. The molecule has 1 atom stereocenters. The van der Waals surface area contributed by atoms with Gasteiger partial charge in [0.2, 0.25) is 0 Å². The van der Waals surface area contributed by atoms with Gasteiger partial charge < -0.3 is 10.0 Å². The third-order valence-corrected chi connectivity index (χ3v) is 4.43. The van der Waals surface area contributed by atoms with Gasteiger partial charge in [0.1, 0.15) is 0 Å². The van der Waals surface area contributed by atoms with Gasteiger partial charge in [0.25, 0.3) is 0 Å². The largest absolute Gasteiger partial charge is 0.481 e. The zero-order valence-electron chi connectivity index (χ0n) is 10.8. The van der Waals surface area contributed by atoms with Crippen LogP contribution in [0.2, 0.25) is 0 Å². The van der Waals surface area contributed by atoms with Crippen molar-refractivity contribution in [1.82, 2.24) is 4.90 Å². The molecule has 0 aromatic heterocycles. The first-order valence-corrected chi connectivity index (χ1v) is 6.52. The number of nitrogens with zero attached hydrogens (tertiary/aromatic N) is 1. The molecule has 0 bridgehead atoms. The van der Waals surface area contributed by atoms with Gasteiger partial charge in [0.05, 0.1) is 5.92 Å². The maximum Gasteiger partial charge on any atom is 0.307 e. The molecule has 1 rings (SSSR count). The second kappa shape index (κ2) is 5.67. The highest BCUT2D eigenvalue weighted by Gasteiger charge is 2.33. The number of carbonyl (C=O) groups is 1. The molecule has 0 aromatic rings. The number of rotatable bonds is 6. The summed E-state index contributed by atoms with van der Waals surface area (Å²) >= 11 is 0. The van der Waals surface area contributed by atoms with E-state index in [1.54, 1.807) is 0 Å². The Bertz CT molecular complexity index is 228. The lowest BCUT2D eigenvalue weighted by molar-refractivity contribution is -0.141. The summed E-state index contributed by atoms with van der Waals surface area (Å²) in [5.74, 6) is -0.763. The van der Waals surface area contributed by atoms with Crippen LogP contribution >= 0.6 is 0 Å². The van der Waals surface area contributed by atoms with Crippen molar-refractivity contribution in [2.75, 3.05) is 19.6 Å². The van der Waals surface area contributed by atoms with Crippen LogP contribution in [0.3, 0.4) is 0 Å². The normalized spacial score (nSPS) is 22.6. The number of hydrogen-bond acceptors (Lipinski definition) is 2. The molecule has 16 heavy (non-hydrogen) atoms. The minimum atomic E-state index is -0.627. The van der Waals surface area contributed by atoms with E-state index >= 15 is 0 Å². The van der Waals surface area contributed by atoms with Crippen LogP contribution in [0.5, 0.6) is 0 Å². The van der Waals surface area contributed by atoms with Crippen molar-refractivity contribution < 1.29 is 9.90 Å². The average Bonchev–Trinajstić information content (AvgIpc) is 2.74. The molecular weight excluding hydrogens is 202 g/mol. The van der Waals surface area contributed by atoms with Gasteiger partial charge in [-0.05, 0) is 37.6 Å². The number of carboxylic acid groups (broad SMARTS) is 1. The number of hydrogen-bond donors (Lipinski definition) is 1. The zero-order chi connectivity index (χ0) is 12.2. The van der Waals surface area contributed by atoms with Crippen LogP contribution < -0.4 is 0 Å². The van der Waals surface area contributed by atoms with E-state index in [-0.39, 0.29) is 5.92 Å². The standard InChI is InChI=1S/C13H25NO2/c1-4-13(5-2,6-3)10-14-8-7-11(9-14)12(15)16/h11H,4-10H2,1-3H3,(H,15,16). The Kier molecular flexibility index (Phi) is 4.78. The third kappa shape index (κ3) is 2.97. The van der Waals surface area contributed by atoms with E-state index in [2.05, 4.69) is 25.7 Å². The third-order valence-electron chi connectivity index (χ3n) is 4.43. The van der Waals surface area contributed by atoms with E-state index in [0.29, 0.717) is 5.41 Å². The monoisotopic (exact) mass is 227 g/mol. The molecule has 1 saturated heterocycles. The second-order valence-corrected chi connectivity index (χ2v) is 5.12. The van der Waals surface area contributed by atoms with Crippen LogP contribution in [0.15, 0.2) is 0 Å². The molecule has 0 saturated carbocycles. The van der Waals surface area contributed by atoms with Crippen LogP contribution in [0.25, 0.3) is 0 Å². The van der Waals surface area contributed by atoms with Gasteiger partial charge >= 0.3 is 5.97 Å². The number of likely N-dealkylation sites (tertiary alicyclic amines) is 1. The van der Waals surface area contributed by atoms with Gasteiger partial charge in [-0.2, -0.15) is 0 Å². The summed E-state index contributed by atoms with van der Waals surface area (Å²) in [6.07, 6.45) is 4.39. The van der Waals surface area contributed by atoms with Crippen molar-refractivity contribution in [3.8, 4) is 0 Å². The van der Waals surface area contributed by atoms with Crippen LogP contribution in [-0.2, 0) is 4.79 Å². The molecule has 1 N–H and O–H groups in total. The number of carboxylic acids is 1. The summed E-state index contributed by atoms with van der Waals surface area (Å²) in [7, 11) is 0. The molecule has 1 aliphatic rings. The molecule has 0 amide bonds. The SMILES string of the molecule is CCC(CC)(CC)CN1CCC(C(=O)O)C1. The fraction of sp³-hybridized carbons (Fsp3) is 0.923. The summed E-state index contributed by atoms with van der Waals surface area (Å²) in [6.45, 7) is 9.52. The van der Waals surface area contributed by atoms with E-state index in [4.69, 9.17) is 5.11 Å². The van der Waals surface area contributed by atoms with Crippen LogP contribution in [0.4, 0.5) is 0 Å². The Morgan fingerprint density at radius 2 is 1.88 bits per heavy atom. The highest BCUT2D eigenvalue weighted by atomic mass is 16.4. The maximum atomic E-state index is 10.9. The highest BCUT2D eigenvalue weighted by molar-refractivity contribution is 5.70. The van der Waals surface area contributed by atoms with Crippen molar-refractivity contribution in [2.45, 2.75) is 46.5 Å². The van der Waals surface area contributed by atoms with Gasteiger partial charge in [-0.1, -0.05) is 20.8 Å². The van der Waals surface area contributed by atoms with Gasteiger partial charge in [-0.3, -0.25) is 4.79 Å². The minimum absolute atomic E-state index is 0.136. The number of aliphatic carboxylic acids is 1. The molecule has 0 radical (unpaired) electrons. The van der Waals surface area contributed by atoms with Crippen molar-refractivity contribution in [3.63, 3.8) is 0 Å². The molecule has 1 aliphatic heterocycles. The first kappa shape index (κ1) is 13.5. The van der Waals surface area contributed by atoms with Gasteiger partial charge in [0.15, 0.2) is 0 Å². The summed E-state index contributed by atoms with van der Waals surface area (Å²) in [5.41, 5.74) is 0.396. The first-order valence-electron chi connectivity index (χ1n) is 6.52. The predicted octanol–water partition coefficient (Wildman–Crippen LogP) is 2.61. The summed E-state index contributed by atoms with van der Waals surface area (Å²) in [5, 5.41) is 8.97. The molecule has 1 unspecified atom stereocenters. The predicted molar refractivity (Wildman–Crippen MR) is 65.5 cm³/mol. The lowest BCUT2D eigenvalue weighted by Gasteiger charge is -2.34. The molecule has 3 nitrogen and oxygen atoms in total. The van der Waals surface area contributed by atoms with Gasteiger partial charge in [-0.15, -0.1) is 0 Å². The Labute approximate surface area is 98.8 Å². The fourth-order valence-electron chi connectivity index (χ4n) is 2.74. The van der Waals surface area contributed by atoms with Crippen molar-refractivity contribution in [3.05, 3.63) is 0 Å². The van der Waals surface area contributed by atoms with Crippen molar-refractivity contribution in [1.29, 1.82) is 0 Å². The summed E-state index contributed by atoms with van der Waals surface area (Å²) < 4.78 is 0. The van der Waals surface area contributed by atoms with E-state index < -0.39 is 5.97 Å². The lowest BCUT2D eigenvalue weighted by Crippen LogP contribution is -2.36. The molecule has 3 heteroatoms. The average molecular weight is 227 g/mol. The molecule has 0 aromatic carbocycles. The second-order valence-electron chi connectivity index (χ2n) is 5.12. The maximum absolute atomic E-state index is 10.9. The van der Waals surface area contributed by atoms with E-state index in [1.165, 1.54) is 19.3 Å². The van der Waals surface area contributed by atoms with Crippen LogP contribution in [-0.4, -0.2) is 35.6 Å². The van der Waals surface area contributed by atoms with Gasteiger partial charge in [0, 0.05) is 13.1 Å². The smallest absolute Gasteiger partial charge is 0.307 e. The molecule has 1 heterocycles. The van der Waals surface area contributed by atoms with E-state index in [1.807, 2.05) is 0 Å². The van der Waals surface area contributed by atoms with Crippen LogP contribution in [0, 0.1) is 11.3 Å². The highest BCUT2D eigenvalue weighted by Crippen LogP contribution is 2.33. The summed E-state index contributed by atoms with van der Waals surface area (Å²) in [6, 6.07) is 0. The fourth-order valence-corrected chi connectivity index (χ4v) is 2.74. The molecule has 1 fully saturated rings. The molecule has 0 aliphatic carbocycles. The Hall–Kier alpha value is -0.570. The van der Waals surface area contributed by atoms with Crippen LogP contribution in [0.1, 0.15) is 46.5 Å². The zero-order valence-corrected chi connectivity index (χ0v) is 10.8. The van der Waals surface area contributed by atoms with E-state index in [0.717, 1.165) is 26.1 Å². The summed E-state index contributed by atoms with van der Waals surface area (Å²) in [4.78, 5) is 13.2. The topological polar surface area (TPSA) is 40.5 Å². The lowest BCUT2D eigenvalue weighted by atomic mass is 9.79. The first-order chi connectivity index (χ1) is 7.56. The Morgan fingerprint density at radius 3 is 2.25 bits per heavy atom. The molecular formula is C13H25NO2. The van der Waals surface area contributed by atoms with Crippen molar-refractivity contribution >= 4 is 5.97 Å². The quantitative estimate of drug-likeness (QED) is 0.758. The Morgan fingerprint density at radius 1 is 1.31 bits per heavy atom. The molecule has 0 spiro atoms. The van der Waals surface area contributed by atoms with Gasteiger partial charge in [-0.25, -0.2) is 0 Å². The van der Waals surface area contributed by atoms with Crippen molar-refractivity contribution in [2.24, 2.45) is 11.3 Å². The Balaban J connectivity index is 2.52.